The first-order valence-electron chi connectivity index (χ1n) is 9.45. The number of nitrogens with one attached hydrogen (secondary N) is 1. The molecule has 1 aromatic carbocycles. The second kappa shape index (κ2) is 8.49. The topological polar surface area (TPSA) is 79.6 Å². The summed E-state index contributed by atoms with van der Waals surface area (Å²) in [6.45, 7) is 2.61. The highest BCUT2D eigenvalue weighted by Gasteiger charge is 2.33. The predicted molar refractivity (Wildman–Crippen MR) is 115 cm³/mol. The zero-order valence-corrected chi connectivity index (χ0v) is 18.3. The molecule has 2 aromatic heterocycles. The molecule has 0 unspecified atom stereocenters. The van der Waals surface area contributed by atoms with Crippen LogP contribution in [0.4, 0.5) is 9.52 Å². The number of carbonyl (C=O) groups excluding carboxylic acids is 1. The molecule has 0 radical (unpaired) electrons. The van der Waals surface area contributed by atoms with Crippen LogP contribution in [0, 0.1) is 5.82 Å². The number of rotatable bonds is 5. The van der Waals surface area contributed by atoms with Gasteiger partial charge in [-0.2, -0.15) is 8.91 Å². The van der Waals surface area contributed by atoms with Crippen LogP contribution in [0.25, 0.3) is 4.96 Å². The number of carbonyl (C=O) groups is 1. The molecule has 7 nitrogen and oxygen atoms in total. The van der Waals surface area contributed by atoms with Crippen molar-refractivity contribution in [1.29, 1.82) is 0 Å². The zero-order chi connectivity index (χ0) is 21.4. The van der Waals surface area contributed by atoms with Crippen molar-refractivity contribution in [3.05, 3.63) is 55.7 Å². The lowest BCUT2D eigenvalue weighted by Crippen LogP contribution is -2.43. The Morgan fingerprint density at radius 2 is 2.20 bits per heavy atom. The lowest BCUT2D eigenvalue weighted by Gasteiger charge is -2.22. The van der Waals surface area contributed by atoms with Crippen molar-refractivity contribution >= 4 is 50.5 Å². The van der Waals surface area contributed by atoms with Crippen LogP contribution in [0.2, 0.25) is 10.0 Å². The first kappa shape index (κ1) is 21.0. The minimum atomic E-state index is -0.887. The number of hydrogen-bond donors (Lipinski definition) is 1. The van der Waals surface area contributed by atoms with Gasteiger partial charge in [-0.1, -0.05) is 47.5 Å². The molecule has 1 fully saturated rings. The molecule has 0 spiro atoms. The molecule has 3 aromatic rings. The fourth-order valence-corrected chi connectivity index (χ4v) is 4.90. The summed E-state index contributed by atoms with van der Waals surface area (Å²) in [5.41, 5.74) is 0.0555. The molecule has 0 aliphatic carbocycles. The molecule has 0 bridgehead atoms. The van der Waals surface area contributed by atoms with E-state index in [1.807, 2.05) is 4.90 Å². The van der Waals surface area contributed by atoms with E-state index >= 15 is 0 Å². The maximum Gasteiger partial charge on any atom is 0.311 e. The number of nitrogens with zero attached hydrogens (tertiary/aromatic N) is 4. The van der Waals surface area contributed by atoms with Crippen LogP contribution in [0.3, 0.4) is 0 Å². The zero-order valence-electron chi connectivity index (χ0n) is 16.0. The Morgan fingerprint density at radius 3 is 2.93 bits per heavy atom. The van der Waals surface area contributed by atoms with Gasteiger partial charge in [0.15, 0.2) is 0 Å². The maximum atomic E-state index is 14.1. The summed E-state index contributed by atoms with van der Waals surface area (Å²) in [7, 11) is 0. The van der Waals surface area contributed by atoms with Crippen molar-refractivity contribution in [2.24, 2.45) is 0 Å². The van der Waals surface area contributed by atoms with Crippen molar-refractivity contribution in [3.63, 3.8) is 0 Å². The van der Waals surface area contributed by atoms with Crippen molar-refractivity contribution in [2.75, 3.05) is 11.4 Å². The quantitative estimate of drug-likeness (QED) is 0.618. The molecule has 1 saturated heterocycles. The van der Waals surface area contributed by atoms with Crippen LogP contribution < -0.4 is 15.8 Å². The van der Waals surface area contributed by atoms with Crippen LogP contribution in [-0.4, -0.2) is 33.1 Å². The molecular weight excluding hydrogens is 452 g/mol. The second-order valence-corrected chi connectivity index (χ2v) is 8.69. The molecule has 158 valence electrons. The Labute approximate surface area is 185 Å². The van der Waals surface area contributed by atoms with Gasteiger partial charge in [0.25, 0.3) is 0 Å². The van der Waals surface area contributed by atoms with E-state index in [-0.39, 0.29) is 18.1 Å². The van der Waals surface area contributed by atoms with Gasteiger partial charge in [-0.05, 0) is 37.0 Å². The fraction of sp³-hybridized carbons (Fsp3) is 0.368. The molecule has 30 heavy (non-hydrogen) atoms. The minimum absolute atomic E-state index is 0.116. The highest BCUT2D eigenvalue weighted by atomic mass is 35.5. The van der Waals surface area contributed by atoms with E-state index in [0.29, 0.717) is 39.5 Å². The Bertz CT molecular complexity index is 1180. The van der Waals surface area contributed by atoms with Crippen LogP contribution in [0.15, 0.2) is 23.0 Å². The molecule has 1 atom stereocenters. The summed E-state index contributed by atoms with van der Waals surface area (Å²) in [5, 5.41) is 8.61. The van der Waals surface area contributed by atoms with E-state index < -0.39 is 17.4 Å². The standard InChI is InChI=1S/C19H18Cl2FN5O2S/c1-2-13-15(22)17(29)27-18(24-13)30-19(25-27)26-7-3-4-14(26)16(28)23-9-10-5-6-11(20)8-12(10)21/h5-6,8,14H,2-4,7,9H2,1H3,(H,23,28)/t14-/m1/s1. The normalized spacial score (nSPS) is 16.4. The van der Waals surface area contributed by atoms with Gasteiger partial charge in [0.1, 0.15) is 6.04 Å². The molecule has 1 aliphatic rings. The van der Waals surface area contributed by atoms with Crippen LogP contribution in [-0.2, 0) is 17.8 Å². The Hall–Kier alpha value is -2.23. The lowest BCUT2D eigenvalue weighted by atomic mass is 10.2. The van der Waals surface area contributed by atoms with Gasteiger partial charge in [-0.3, -0.25) is 9.59 Å². The Kier molecular flexibility index (Phi) is 5.95. The Balaban J connectivity index is 1.55. The lowest BCUT2D eigenvalue weighted by molar-refractivity contribution is -0.122. The van der Waals surface area contributed by atoms with Crippen molar-refractivity contribution in [3.8, 4) is 0 Å². The number of hydrogen-bond acceptors (Lipinski definition) is 6. The van der Waals surface area contributed by atoms with E-state index in [2.05, 4.69) is 15.4 Å². The largest absolute Gasteiger partial charge is 0.350 e. The van der Waals surface area contributed by atoms with Gasteiger partial charge < -0.3 is 10.2 Å². The number of amides is 1. The van der Waals surface area contributed by atoms with E-state index in [0.717, 1.165) is 16.5 Å². The highest BCUT2D eigenvalue weighted by Crippen LogP contribution is 2.29. The number of halogens is 3. The average Bonchev–Trinajstić information content (AvgIpc) is 3.36. The summed E-state index contributed by atoms with van der Waals surface area (Å²) >= 11 is 13.2. The number of fused-ring (bicyclic) bond motifs is 1. The summed E-state index contributed by atoms with van der Waals surface area (Å²) in [6, 6.07) is 4.67. The first-order valence-corrected chi connectivity index (χ1v) is 11.0. The van der Waals surface area contributed by atoms with Crippen LogP contribution >= 0.6 is 34.5 Å². The van der Waals surface area contributed by atoms with Crippen molar-refractivity contribution in [2.45, 2.75) is 38.8 Å². The molecule has 3 heterocycles. The molecule has 1 N–H and O–H groups in total. The number of aryl methyl sites for hydroxylation is 1. The number of benzene rings is 1. The average molecular weight is 470 g/mol. The van der Waals surface area contributed by atoms with Crippen molar-refractivity contribution in [1.82, 2.24) is 19.9 Å². The van der Waals surface area contributed by atoms with Gasteiger partial charge in [-0.15, -0.1) is 5.10 Å². The summed E-state index contributed by atoms with van der Waals surface area (Å²) in [4.78, 5) is 31.4. The number of anilines is 1. The number of aromatic nitrogens is 3. The third-order valence-corrected chi connectivity index (χ3v) is 6.55. The SMILES string of the molecule is CCc1nc2sc(N3CCC[C@@H]3C(=O)NCc3ccc(Cl)cc3Cl)nn2c(=O)c1F. The second-order valence-electron chi connectivity index (χ2n) is 6.92. The van der Waals surface area contributed by atoms with Gasteiger partial charge in [0.2, 0.25) is 21.8 Å². The van der Waals surface area contributed by atoms with E-state index in [1.165, 1.54) is 11.3 Å². The first-order chi connectivity index (χ1) is 14.4. The van der Waals surface area contributed by atoms with E-state index in [1.54, 1.807) is 25.1 Å². The van der Waals surface area contributed by atoms with Crippen LogP contribution in [0.5, 0.6) is 0 Å². The summed E-state index contributed by atoms with van der Waals surface area (Å²) in [5.74, 6) is -1.05. The molecule has 0 saturated carbocycles. The fourth-order valence-electron chi connectivity index (χ4n) is 3.44. The van der Waals surface area contributed by atoms with Gasteiger partial charge in [0.05, 0.1) is 5.69 Å². The Morgan fingerprint density at radius 1 is 1.40 bits per heavy atom. The molecule has 4 rings (SSSR count). The molecule has 1 amide bonds. The predicted octanol–water partition coefficient (Wildman–Crippen LogP) is 3.44. The van der Waals surface area contributed by atoms with Gasteiger partial charge in [0, 0.05) is 23.1 Å². The monoisotopic (exact) mass is 469 g/mol. The van der Waals surface area contributed by atoms with Crippen molar-refractivity contribution < 1.29 is 9.18 Å². The molecule has 1 aliphatic heterocycles. The maximum absolute atomic E-state index is 14.1. The summed E-state index contributed by atoms with van der Waals surface area (Å²) < 4.78 is 15.1. The van der Waals surface area contributed by atoms with E-state index in [4.69, 9.17) is 23.2 Å². The van der Waals surface area contributed by atoms with E-state index in [9.17, 15) is 14.0 Å². The molecule has 11 heteroatoms. The van der Waals surface area contributed by atoms with Crippen LogP contribution in [0.1, 0.15) is 31.0 Å². The van der Waals surface area contributed by atoms with Gasteiger partial charge >= 0.3 is 5.56 Å². The summed E-state index contributed by atoms with van der Waals surface area (Å²) in [6.07, 6.45) is 1.76. The third-order valence-electron chi connectivity index (χ3n) is 5.02. The third kappa shape index (κ3) is 3.89. The highest BCUT2D eigenvalue weighted by molar-refractivity contribution is 7.20. The smallest absolute Gasteiger partial charge is 0.311 e. The molecular formula is C19H18Cl2FN5O2S. The minimum Gasteiger partial charge on any atom is -0.350 e. The van der Waals surface area contributed by atoms with Gasteiger partial charge in [-0.25, -0.2) is 4.98 Å².